The summed E-state index contributed by atoms with van der Waals surface area (Å²) in [6, 6.07) is 0. The van der Waals surface area contributed by atoms with Gasteiger partial charge in [0.05, 0.1) is 12.7 Å². The minimum absolute atomic E-state index is 0.253. The fourth-order valence-corrected chi connectivity index (χ4v) is 0.633. The number of hydrogen-bond donors (Lipinski definition) is 3. The zero-order valence-corrected chi connectivity index (χ0v) is 6.90. The van der Waals surface area contributed by atoms with Crippen molar-refractivity contribution < 1.29 is 20.1 Å². The Balaban J connectivity index is 4.22. The van der Waals surface area contributed by atoms with E-state index in [0.717, 1.165) is 0 Å². The molecule has 0 aromatic carbocycles. The third-order valence-corrected chi connectivity index (χ3v) is 1.38. The molecule has 0 saturated heterocycles. The van der Waals surface area contributed by atoms with Gasteiger partial charge in [-0.1, -0.05) is 0 Å². The first-order valence-corrected chi connectivity index (χ1v) is 3.53. The largest absolute Gasteiger partial charge is 0.394 e. The highest BCUT2D eigenvalue weighted by Crippen LogP contribution is 2.14. The molecule has 0 amide bonds. The number of hydrogen-bond acceptors (Lipinski definition) is 4. The molecule has 0 radical (unpaired) electrons. The molecule has 1 atom stereocenters. The summed E-state index contributed by atoms with van der Waals surface area (Å²) in [5.74, 6) is 0. The summed E-state index contributed by atoms with van der Waals surface area (Å²) in [5, 5.41) is 26.1. The van der Waals surface area contributed by atoms with E-state index in [1.165, 1.54) is 0 Å². The molecular formula is C7H13NO4. The highest BCUT2D eigenvalue weighted by Gasteiger charge is 2.38. The Bertz CT molecular complexity index is 161. The van der Waals surface area contributed by atoms with Crippen molar-refractivity contribution in [1.82, 2.24) is 0 Å². The van der Waals surface area contributed by atoms with Gasteiger partial charge in [0, 0.05) is 0 Å². The number of aliphatic hydroxyl groups is 3. The lowest BCUT2D eigenvalue weighted by Crippen LogP contribution is -2.41. The Morgan fingerprint density at radius 3 is 2.17 bits per heavy atom. The molecule has 5 heteroatoms. The highest BCUT2D eigenvalue weighted by atomic mass is 16.6. The van der Waals surface area contributed by atoms with Crippen LogP contribution >= 0.6 is 0 Å². The lowest BCUT2D eigenvalue weighted by atomic mass is 10.2. The molecule has 0 aromatic heterocycles. The molecule has 0 fully saturated rings. The van der Waals surface area contributed by atoms with Crippen LogP contribution in [-0.2, 0) is 4.74 Å². The molecule has 0 aliphatic carbocycles. The third-order valence-electron chi connectivity index (χ3n) is 1.38. The van der Waals surface area contributed by atoms with Gasteiger partial charge < -0.3 is 15.3 Å². The topological polar surface area (TPSA) is 74.3 Å². The molecular weight excluding hydrogens is 162 g/mol. The molecule has 0 aromatic rings. The summed E-state index contributed by atoms with van der Waals surface area (Å²) >= 11 is 0. The van der Waals surface area contributed by atoms with Crippen LogP contribution in [0.3, 0.4) is 0 Å². The molecule has 12 heavy (non-hydrogen) atoms. The van der Waals surface area contributed by atoms with Crippen molar-refractivity contribution in [2.75, 3.05) is 19.8 Å². The fourth-order valence-electron chi connectivity index (χ4n) is 0.633. The number of nitrogens with zero attached hydrogens (tertiary/aromatic N) is 1. The van der Waals surface area contributed by atoms with Gasteiger partial charge >= 0.3 is 5.72 Å². The Morgan fingerprint density at radius 1 is 1.42 bits per heavy atom. The third kappa shape index (κ3) is 2.75. The van der Waals surface area contributed by atoms with E-state index in [4.69, 9.17) is 26.6 Å². The molecule has 0 aliphatic heterocycles. The lowest BCUT2D eigenvalue weighted by Gasteiger charge is -2.20. The van der Waals surface area contributed by atoms with Crippen LogP contribution in [0.2, 0.25) is 0 Å². The second-order valence-corrected chi connectivity index (χ2v) is 2.49. The van der Waals surface area contributed by atoms with Crippen LogP contribution in [0.25, 0.3) is 4.85 Å². The molecule has 70 valence electrons. The van der Waals surface area contributed by atoms with Gasteiger partial charge in [-0.05, 0) is 6.92 Å². The minimum atomic E-state index is -1.61. The molecule has 0 bridgehead atoms. The van der Waals surface area contributed by atoms with Crippen molar-refractivity contribution in [2.45, 2.75) is 18.8 Å². The second-order valence-electron chi connectivity index (χ2n) is 2.49. The monoisotopic (exact) mass is 175 g/mol. The van der Waals surface area contributed by atoms with E-state index < -0.39 is 25.0 Å². The number of ether oxygens (including phenoxy) is 1. The van der Waals surface area contributed by atoms with Gasteiger partial charge in [0.25, 0.3) is 0 Å². The summed E-state index contributed by atoms with van der Waals surface area (Å²) in [6.07, 6.45) is -0.571. The van der Waals surface area contributed by atoms with E-state index >= 15 is 0 Å². The predicted octanol–water partition coefficient (Wildman–Crippen LogP) is -1.02. The maximum Gasteiger partial charge on any atom is 0.383 e. The van der Waals surface area contributed by atoms with Crippen LogP contribution < -0.4 is 0 Å². The molecule has 0 saturated carbocycles. The van der Waals surface area contributed by atoms with Crippen LogP contribution in [0.1, 0.15) is 6.92 Å². The van der Waals surface area contributed by atoms with Gasteiger partial charge in [-0.2, -0.15) is 0 Å². The molecule has 5 nitrogen and oxygen atoms in total. The van der Waals surface area contributed by atoms with E-state index in [9.17, 15) is 0 Å². The number of aliphatic hydroxyl groups excluding tert-OH is 3. The maximum absolute atomic E-state index is 8.74. The lowest BCUT2D eigenvalue weighted by molar-refractivity contribution is -0.121. The summed E-state index contributed by atoms with van der Waals surface area (Å²) in [4.78, 5) is 2.96. The Hall–Kier alpha value is -0.670. The summed E-state index contributed by atoms with van der Waals surface area (Å²) < 4.78 is 4.93. The maximum atomic E-state index is 8.74. The molecule has 0 spiro atoms. The van der Waals surface area contributed by atoms with E-state index in [2.05, 4.69) is 4.85 Å². The zero-order chi connectivity index (χ0) is 9.61. The molecule has 0 rings (SSSR count). The Kier molecular flexibility index (Phi) is 4.78. The van der Waals surface area contributed by atoms with Crippen molar-refractivity contribution in [3.63, 3.8) is 0 Å². The average Bonchev–Trinajstić information content (AvgIpc) is 2.14. The SMILES string of the molecule is [C-]#[N+]C(CO)(CO)O[C@@H](C)CO. The van der Waals surface area contributed by atoms with Crippen molar-refractivity contribution in [1.29, 1.82) is 0 Å². The molecule has 0 heterocycles. The minimum Gasteiger partial charge on any atom is -0.394 e. The molecule has 3 N–H and O–H groups in total. The highest BCUT2D eigenvalue weighted by molar-refractivity contribution is 4.89. The van der Waals surface area contributed by atoms with Crippen molar-refractivity contribution in [2.24, 2.45) is 0 Å². The second kappa shape index (κ2) is 5.06. The van der Waals surface area contributed by atoms with Crippen LogP contribution in [0.15, 0.2) is 0 Å². The van der Waals surface area contributed by atoms with Crippen LogP contribution in [0.5, 0.6) is 0 Å². The standard InChI is InChI=1S/C7H13NO4/c1-6(3-9)12-7(4-10,5-11)8-2/h6,9-11H,3-5H2,1H3/t6-/m0/s1. The zero-order valence-electron chi connectivity index (χ0n) is 6.90. The first kappa shape index (κ1) is 11.3. The molecule has 0 unspecified atom stereocenters. The van der Waals surface area contributed by atoms with Gasteiger partial charge in [-0.3, -0.25) is 9.58 Å². The Labute approximate surface area is 71.0 Å². The molecule has 0 aliphatic rings. The van der Waals surface area contributed by atoms with Gasteiger partial charge in [-0.15, -0.1) is 0 Å². The van der Waals surface area contributed by atoms with E-state index in [-0.39, 0.29) is 6.61 Å². The average molecular weight is 175 g/mol. The van der Waals surface area contributed by atoms with E-state index in [1.807, 2.05) is 0 Å². The Morgan fingerprint density at radius 2 is 1.92 bits per heavy atom. The van der Waals surface area contributed by atoms with Crippen molar-refractivity contribution in [3.8, 4) is 0 Å². The van der Waals surface area contributed by atoms with Crippen LogP contribution in [-0.4, -0.2) is 47.0 Å². The van der Waals surface area contributed by atoms with Crippen LogP contribution in [0, 0.1) is 6.57 Å². The van der Waals surface area contributed by atoms with Gasteiger partial charge in [0.15, 0.2) is 13.2 Å². The first-order valence-electron chi connectivity index (χ1n) is 3.53. The van der Waals surface area contributed by atoms with E-state index in [0.29, 0.717) is 0 Å². The van der Waals surface area contributed by atoms with E-state index in [1.54, 1.807) is 6.92 Å². The quantitative estimate of drug-likeness (QED) is 0.468. The number of rotatable bonds is 5. The van der Waals surface area contributed by atoms with Crippen molar-refractivity contribution >= 4 is 0 Å². The first-order chi connectivity index (χ1) is 5.64. The summed E-state index contributed by atoms with van der Waals surface area (Å²) in [7, 11) is 0. The van der Waals surface area contributed by atoms with Gasteiger partial charge in [0.1, 0.15) is 0 Å². The van der Waals surface area contributed by atoms with Gasteiger partial charge in [0.2, 0.25) is 0 Å². The fraction of sp³-hybridized carbons (Fsp3) is 0.857. The summed E-state index contributed by atoms with van der Waals surface area (Å²) in [6.45, 7) is 6.80. The van der Waals surface area contributed by atoms with Crippen LogP contribution in [0.4, 0.5) is 0 Å². The predicted molar refractivity (Wildman–Crippen MR) is 41.1 cm³/mol. The normalized spacial score (nSPS) is 13.9. The van der Waals surface area contributed by atoms with Gasteiger partial charge in [-0.25, -0.2) is 6.57 Å². The van der Waals surface area contributed by atoms with Crippen molar-refractivity contribution in [3.05, 3.63) is 11.4 Å². The smallest absolute Gasteiger partial charge is 0.383 e. The summed E-state index contributed by atoms with van der Waals surface area (Å²) in [5.41, 5.74) is -1.61.